The Morgan fingerprint density at radius 3 is 2.68 bits per heavy atom. The molecule has 2 rings (SSSR count). The molecule has 1 aromatic carbocycles. The van der Waals surface area contributed by atoms with Crippen LogP contribution in [0.3, 0.4) is 0 Å². The van der Waals surface area contributed by atoms with Gasteiger partial charge in [0.05, 0.1) is 28.4 Å². The van der Waals surface area contributed by atoms with Crippen molar-refractivity contribution in [1.29, 1.82) is 5.26 Å². The first-order valence-electron chi connectivity index (χ1n) is 7.67. The second-order valence-electron chi connectivity index (χ2n) is 5.42. The monoisotopic (exact) mass is 337 g/mol. The van der Waals surface area contributed by atoms with Gasteiger partial charge in [-0.05, 0) is 37.0 Å². The van der Waals surface area contributed by atoms with Gasteiger partial charge in [0.1, 0.15) is 0 Å². The van der Waals surface area contributed by atoms with Crippen LogP contribution in [0.1, 0.15) is 45.2 Å². The van der Waals surface area contributed by atoms with Crippen LogP contribution in [0.5, 0.6) is 0 Å². The molecule has 0 saturated heterocycles. The Kier molecular flexibility index (Phi) is 7.78. The molecule has 22 heavy (non-hydrogen) atoms. The highest BCUT2D eigenvalue weighted by Gasteiger charge is 2.20. The van der Waals surface area contributed by atoms with Crippen molar-refractivity contribution in [2.24, 2.45) is 10.9 Å². The highest BCUT2D eigenvalue weighted by Crippen LogP contribution is 2.30. The first-order chi connectivity index (χ1) is 10.5. The van der Waals surface area contributed by atoms with Gasteiger partial charge in [-0.2, -0.15) is 5.26 Å². The van der Waals surface area contributed by atoms with E-state index in [2.05, 4.69) is 25.2 Å². The molecule has 0 radical (unpaired) electrons. The van der Waals surface area contributed by atoms with Crippen molar-refractivity contribution in [3.63, 3.8) is 0 Å². The third kappa shape index (κ3) is 5.23. The molecule has 0 fully saturated rings. The van der Waals surface area contributed by atoms with Gasteiger partial charge >= 0.3 is 0 Å². The summed E-state index contributed by atoms with van der Waals surface area (Å²) in [6.45, 7) is 10.4. The molecule has 0 aliphatic carbocycles. The summed E-state index contributed by atoms with van der Waals surface area (Å²) in [5.74, 6) is 1.68. The fourth-order valence-corrected chi connectivity index (χ4v) is 3.50. The summed E-state index contributed by atoms with van der Waals surface area (Å²) in [5, 5.41) is 13.7. The molecule has 1 N–H and O–H groups in total. The molecule has 1 aliphatic heterocycles. The molecule has 3 nitrogen and oxygen atoms in total. The van der Waals surface area contributed by atoms with E-state index >= 15 is 0 Å². The lowest BCUT2D eigenvalue weighted by Gasteiger charge is -2.11. The fraction of sp³-hybridized carbons (Fsp3) is 0.529. The minimum atomic E-state index is 0.389. The Hall–Kier alpha value is -1.18. The number of nitrogens with zero attached hydrogens (tertiary/aromatic N) is 2. The number of benzene rings is 1. The molecule has 1 unspecified atom stereocenters. The molecule has 0 aromatic heterocycles. The Morgan fingerprint density at radius 2 is 2.14 bits per heavy atom. The minimum Gasteiger partial charge on any atom is -0.334 e. The topological polar surface area (TPSA) is 48.2 Å². The van der Waals surface area contributed by atoms with E-state index in [0.717, 1.165) is 28.6 Å². The number of amidine groups is 1. The highest BCUT2D eigenvalue weighted by atomic mass is 35.5. The van der Waals surface area contributed by atoms with E-state index in [1.54, 1.807) is 17.8 Å². The second kappa shape index (κ2) is 9.07. The van der Waals surface area contributed by atoms with Crippen molar-refractivity contribution >= 4 is 34.2 Å². The summed E-state index contributed by atoms with van der Waals surface area (Å²) in [4.78, 5) is 4.69. The quantitative estimate of drug-likeness (QED) is 0.794. The molecule has 1 atom stereocenters. The summed E-state index contributed by atoms with van der Waals surface area (Å²) < 4.78 is 0. The number of hydrogen-bond acceptors (Lipinski definition) is 4. The molecular weight excluding hydrogens is 314 g/mol. The first kappa shape index (κ1) is 18.9. The predicted octanol–water partition coefficient (Wildman–Crippen LogP) is 5.48. The third-order valence-corrected chi connectivity index (χ3v) is 4.43. The van der Waals surface area contributed by atoms with Gasteiger partial charge < -0.3 is 5.32 Å². The highest BCUT2D eigenvalue weighted by molar-refractivity contribution is 8.14. The number of aliphatic imine (C=N–C) groups is 1. The van der Waals surface area contributed by atoms with Crippen LogP contribution < -0.4 is 5.32 Å². The summed E-state index contributed by atoms with van der Waals surface area (Å²) in [6, 6.07) is 6.02. The number of thioether (sulfide) groups is 1. The maximum absolute atomic E-state index is 8.92. The lowest BCUT2D eigenvalue weighted by molar-refractivity contribution is 0.529. The zero-order valence-corrected chi connectivity index (χ0v) is 15.5. The molecule has 1 heterocycles. The number of nitriles is 1. The number of aryl methyl sites for hydroxylation is 1. The maximum Gasteiger partial charge on any atom is 0.161 e. The standard InChI is InChI=1S/C15H18ClN3S.C2H6/c1-9(2)4-12-8-20-15(18-12)19-14-10(3)5-11(7-17)6-13(14)16;1-2/h5-6,9,12H,4,8H2,1-3H3,(H,18,19);1-2H3. The lowest BCUT2D eigenvalue weighted by Crippen LogP contribution is -2.09. The number of nitrogens with one attached hydrogen (secondary N) is 1. The van der Waals surface area contributed by atoms with E-state index in [0.29, 0.717) is 22.5 Å². The second-order valence-corrected chi connectivity index (χ2v) is 6.83. The fourth-order valence-electron chi connectivity index (χ4n) is 2.22. The summed E-state index contributed by atoms with van der Waals surface area (Å²) >= 11 is 7.96. The zero-order chi connectivity index (χ0) is 16.7. The van der Waals surface area contributed by atoms with Crippen molar-refractivity contribution in [3.05, 3.63) is 28.3 Å². The molecule has 1 aromatic rings. The minimum absolute atomic E-state index is 0.389. The van der Waals surface area contributed by atoms with Gasteiger partial charge in [0.2, 0.25) is 0 Å². The van der Waals surface area contributed by atoms with Gasteiger partial charge in [0.25, 0.3) is 0 Å². The third-order valence-electron chi connectivity index (χ3n) is 3.10. The number of hydrogen-bond donors (Lipinski definition) is 1. The average molecular weight is 338 g/mol. The van der Waals surface area contributed by atoms with Crippen molar-refractivity contribution in [3.8, 4) is 6.07 Å². The van der Waals surface area contributed by atoms with Gasteiger partial charge in [-0.3, -0.25) is 4.99 Å². The Bertz CT molecular complexity index is 553. The molecule has 0 saturated carbocycles. The molecule has 0 bridgehead atoms. The van der Waals surface area contributed by atoms with Crippen LogP contribution in [0.25, 0.3) is 0 Å². The Morgan fingerprint density at radius 1 is 1.45 bits per heavy atom. The average Bonchev–Trinajstić information content (AvgIpc) is 2.91. The first-order valence-corrected chi connectivity index (χ1v) is 9.03. The molecular formula is C17H24ClN3S. The normalized spacial score (nSPS) is 16.6. The molecule has 1 aliphatic rings. The van der Waals surface area contributed by atoms with Crippen LogP contribution in [-0.4, -0.2) is 17.0 Å². The predicted molar refractivity (Wildman–Crippen MR) is 99.0 cm³/mol. The van der Waals surface area contributed by atoms with Gasteiger partial charge in [0, 0.05) is 5.75 Å². The summed E-state index contributed by atoms with van der Waals surface area (Å²) in [7, 11) is 0. The van der Waals surface area contributed by atoms with Gasteiger partial charge in [-0.15, -0.1) is 0 Å². The molecule has 5 heteroatoms. The zero-order valence-electron chi connectivity index (χ0n) is 13.9. The van der Waals surface area contributed by atoms with E-state index in [-0.39, 0.29) is 0 Å². The maximum atomic E-state index is 8.92. The molecule has 0 spiro atoms. The lowest BCUT2D eigenvalue weighted by atomic mass is 10.1. The van der Waals surface area contributed by atoms with Crippen LogP contribution in [0, 0.1) is 24.2 Å². The number of halogens is 1. The van der Waals surface area contributed by atoms with E-state index in [1.807, 2.05) is 26.8 Å². The molecule has 0 amide bonds. The van der Waals surface area contributed by atoms with Crippen LogP contribution in [-0.2, 0) is 0 Å². The molecule has 120 valence electrons. The van der Waals surface area contributed by atoms with Crippen molar-refractivity contribution in [2.45, 2.75) is 47.1 Å². The van der Waals surface area contributed by atoms with E-state index in [4.69, 9.17) is 21.9 Å². The van der Waals surface area contributed by atoms with E-state index < -0.39 is 0 Å². The van der Waals surface area contributed by atoms with E-state index in [9.17, 15) is 0 Å². The van der Waals surface area contributed by atoms with Crippen molar-refractivity contribution in [2.75, 3.05) is 11.1 Å². The number of rotatable bonds is 3. The Labute approximate surface area is 143 Å². The SMILES string of the molecule is CC.Cc1cc(C#N)cc(Cl)c1NC1=NC(CC(C)C)CS1. The van der Waals surface area contributed by atoms with Gasteiger partial charge in [-0.25, -0.2) is 0 Å². The van der Waals surface area contributed by atoms with Gasteiger partial charge in [0.15, 0.2) is 5.17 Å². The summed E-state index contributed by atoms with van der Waals surface area (Å²) in [5.41, 5.74) is 2.39. The van der Waals surface area contributed by atoms with Crippen LogP contribution in [0.2, 0.25) is 5.02 Å². The van der Waals surface area contributed by atoms with Crippen LogP contribution >= 0.6 is 23.4 Å². The van der Waals surface area contributed by atoms with Gasteiger partial charge in [-0.1, -0.05) is 51.1 Å². The van der Waals surface area contributed by atoms with Crippen molar-refractivity contribution in [1.82, 2.24) is 0 Å². The van der Waals surface area contributed by atoms with Crippen LogP contribution in [0.15, 0.2) is 17.1 Å². The van der Waals surface area contributed by atoms with E-state index in [1.165, 1.54) is 0 Å². The van der Waals surface area contributed by atoms with Crippen molar-refractivity contribution < 1.29 is 0 Å². The van der Waals surface area contributed by atoms with Crippen LogP contribution in [0.4, 0.5) is 5.69 Å². The smallest absolute Gasteiger partial charge is 0.161 e. The largest absolute Gasteiger partial charge is 0.334 e. The Balaban J connectivity index is 0.00000116. The number of anilines is 1. The summed E-state index contributed by atoms with van der Waals surface area (Å²) in [6.07, 6.45) is 1.11.